The molecule has 0 fully saturated rings. The van der Waals surface area contributed by atoms with Crippen molar-refractivity contribution in [1.29, 1.82) is 0 Å². The largest absolute Gasteiger partial charge is 0.494 e. The van der Waals surface area contributed by atoms with Gasteiger partial charge in [-0.2, -0.15) is 0 Å². The van der Waals surface area contributed by atoms with Gasteiger partial charge in [0.2, 0.25) is 0 Å². The number of halogens is 1. The molecular formula is C15H12ClN3O2. The van der Waals surface area contributed by atoms with Gasteiger partial charge in [0, 0.05) is 11.2 Å². The molecule has 2 N–H and O–H groups in total. The maximum atomic E-state index is 6.04. The normalized spacial score (nSPS) is 10.6. The van der Waals surface area contributed by atoms with Crippen molar-refractivity contribution in [2.24, 2.45) is 0 Å². The van der Waals surface area contributed by atoms with Crippen LogP contribution in [0.1, 0.15) is 0 Å². The average Bonchev–Trinajstić information content (AvgIpc) is 2.88. The van der Waals surface area contributed by atoms with E-state index in [9.17, 15) is 0 Å². The molecule has 0 saturated carbocycles. The Labute approximate surface area is 126 Å². The summed E-state index contributed by atoms with van der Waals surface area (Å²) in [5.74, 6) is 1.40. The van der Waals surface area contributed by atoms with Gasteiger partial charge < -0.3 is 15.0 Å². The van der Waals surface area contributed by atoms with Crippen LogP contribution >= 0.6 is 11.6 Å². The minimum Gasteiger partial charge on any atom is -0.494 e. The number of aromatic nitrogens is 2. The molecule has 5 nitrogen and oxygen atoms in total. The smallest absolute Gasteiger partial charge is 0.180 e. The molecule has 3 rings (SSSR count). The van der Waals surface area contributed by atoms with Gasteiger partial charge in [0.15, 0.2) is 11.6 Å². The lowest BCUT2D eigenvalue weighted by Crippen LogP contribution is -1.91. The molecule has 6 heteroatoms. The number of nitrogens with zero attached hydrogens (tertiary/aromatic N) is 2. The molecule has 0 unspecified atom stereocenters. The summed E-state index contributed by atoms with van der Waals surface area (Å²) in [5, 5.41) is 4.47. The Hall–Kier alpha value is -2.53. The fourth-order valence-electron chi connectivity index (χ4n) is 2.14. The number of methoxy groups -OCH3 is 1. The van der Waals surface area contributed by atoms with Gasteiger partial charge in [-0.05, 0) is 23.8 Å². The maximum Gasteiger partial charge on any atom is 0.180 e. The van der Waals surface area contributed by atoms with Crippen LogP contribution in [-0.4, -0.2) is 17.3 Å². The van der Waals surface area contributed by atoms with Crippen molar-refractivity contribution in [2.75, 3.05) is 12.8 Å². The van der Waals surface area contributed by atoms with Crippen LogP contribution in [0.15, 0.2) is 47.2 Å². The SMILES string of the molecule is COc1cnccc1-c1onc(N)c1-c1cccc(Cl)c1. The van der Waals surface area contributed by atoms with Crippen LogP contribution in [0.3, 0.4) is 0 Å². The summed E-state index contributed by atoms with van der Waals surface area (Å²) in [6.45, 7) is 0. The topological polar surface area (TPSA) is 74.2 Å². The van der Waals surface area contributed by atoms with Crippen molar-refractivity contribution < 1.29 is 9.26 Å². The van der Waals surface area contributed by atoms with Crippen LogP contribution < -0.4 is 10.5 Å². The zero-order chi connectivity index (χ0) is 14.8. The number of anilines is 1. The van der Waals surface area contributed by atoms with E-state index in [0.717, 1.165) is 11.1 Å². The molecule has 2 heterocycles. The Morgan fingerprint density at radius 3 is 2.90 bits per heavy atom. The van der Waals surface area contributed by atoms with Crippen molar-refractivity contribution in [2.45, 2.75) is 0 Å². The molecule has 3 aromatic rings. The van der Waals surface area contributed by atoms with Crippen LogP contribution in [0, 0.1) is 0 Å². The standard InChI is InChI=1S/C15H12ClN3O2/c1-20-12-8-18-6-5-11(12)14-13(15(17)19-21-14)9-3-2-4-10(16)7-9/h2-8H,1H3,(H2,17,19). The number of hydrogen-bond donors (Lipinski definition) is 1. The molecule has 2 aromatic heterocycles. The molecule has 0 amide bonds. The van der Waals surface area contributed by atoms with E-state index in [1.54, 1.807) is 31.6 Å². The van der Waals surface area contributed by atoms with Crippen molar-refractivity contribution in [3.63, 3.8) is 0 Å². The summed E-state index contributed by atoms with van der Waals surface area (Å²) >= 11 is 6.04. The number of ether oxygens (including phenoxy) is 1. The first-order valence-corrected chi connectivity index (χ1v) is 6.58. The van der Waals surface area contributed by atoms with E-state index >= 15 is 0 Å². The van der Waals surface area contributed by atoms with Gasteiger partial charge in [0.05, 0.1) is 24.4 Å². The molecule has 1 aromatic carbocycles. The molecule has 106 valence electrons. The zero-order valence-corrected chi connectivity index (χ0v) is 12.0. The Balaban J connectivity index is 2.22. The summed E-state index contributed by atoms with van der Waals surface area (Å²) < 4.78 is 10.7. The highest BCUT2D eigenvalue weighted by Gasteiger charge is 2.20. The van der Waals surface area contributed by atoms with Crippen LogP contribution in [0.2, 0.25) is 5.02 Å². The number of pyridine rings is 1. The van der Waals surface area contributed by atoms with Crippen LogP contribution in [-0.2, 0) is 0 Å². The van der Waals surface area contributed by atoms with E-state index in [-0.39, 0.29) is 0 Å². The highest BCUT2D eigenvalue weighted by atomic mass is 35.5. The van der Waals surface area contributed by atoms with Gasteiger partial charge >= 0.3 is 0 Å². The monoisotopic (exact) mass is 301 g/mol. The Morgan fingerprint density at radius 2 is 2.14 bits per heavy atom. The summed E-state index contributed by atoms with van der Waals surface area (Å²) in [6.07, 6.45) is 3.26. The minimum absolute atomic E-state index is 0.297. The summed E-state index contributed by atoms with van der Waals surface area (Å²) in [5.41, 5.74) is 8.19. The van der Waals surface area contributed by atoms with Gasteiger partial charge in [0.25, 0.3) is 0 Å². The number of benzene rings is 1. The van der Waals surface area contributed by atoms with Crippen molar-refractivity contribution in [3.8, 4) is 28.2 Å². The quantitative estimate of drug-likeness (QED) is 0.799. The molecule has 0 spiro atoms. The Morgan fingerprint density at radius 1 is 1.29 bits per heavy atom. The predicted molar refractivity (Wildman–Crippen MR) is 81.1 cm³/mol. The molecule has 0 aliphatic heterocycles. The van der Waals surface area contributed by atoms with Gasteiger partial charge in [-0.25, -0.2) is 0 Å². The van der Waals surface area contributed by atoms with Crippen LogP contribution in [0.5, 0.6) is 5.75 Å². The molecule has 0 aliphatic carbocycles. The van der Waals surface area contributed by atoms with Crippen LogP contribution in [0.25, 0.3) is 22.5 Å². The molecule has 0 saturated heterocycles. The van der Waals surface area contributed by atoms with E-state index in [1.165, 1.54) is 0 Å². The van der Waals surface area contributed by atoms with E-state index in [0.29, 0.717) is 27.9 Å². The molecule has 0 radical (unpaired) electrons. The summed E-state index contributed by atoms with van der Waals surface area (Å²) in [6, 6.07) is 9.12. The van der Waals surface area contributed by atoms with Gasteiger partial charge in [0.1, 0.15) is 5.75 Å². The first kappa shape index (κ1) is 13.5. The van der Waals surface area contributed by atoms with E-state index in [1.807, 2.05) is 18.2 Å². The Kier molecular flexibility index (Phi) is 3.50. The van der Waals surface area contributed by atoms with Crippen molar-refractivity contribution in [3.05, 3.63) is 47.7 Å². The van der Waals surface area contributed by atoms with E-state index in [2.05, 4.69) is 10.1 Å². The van der Waals surface area contributed by atoms with Gasteiger partial charge in [-0.15, -0.1) is 0 Å². The molecule has 0 aliphatic rings. The van der Waals surface area contributed by atoms with E-state index in [4.69, 9.17) is 26.6 Å². The second-order valence-electron chi connectivity index (χ2n) is 4.36. The van der Waals surface area contributed by atoms with Crippen LogP contribution in [0.4, 0.5) is 5.82 Å². The third kappa shape index (κ3) is 2.43. The van der Waals surface area contributed by atoms with E-state index < -0.39 is 0 Å². The number of nitrogen functional groups attached to an aromatic ring is 1. The minimum atomic E-state index is 0.297. The lowest BCUT2D eigenvalue weighted by atomic mass is 10.0. The maximum absolute atomic E-state index is 6.04. The first-order valence-electron chi connectivity index (χ1n) is 6.20. The first-order chi connectivity index (χ1) is 10.2. The lowest BCUT2D eigenvalue weighted by molar-refractivity contribution is 0.405. The fraction of sp³-hybridized carbons (Fsp3) is 0.0667. The zero-order valence-electron chi connectivity index (χ0n) is 11.2. The summed E-state index contributed by atoms with van der Waals surface area (Å²) in [4.78, 5) is 4.03. The third-order valence-corrected chi connectivity index (χ3v) is 3.32. The fourth-order valence-corrected chi connectivity index (χ4v) is 2.33. The number of rotatable bonds is 3. The molecular weight excluding hydrogens is 290 g/mol. The number of hydrogen-bond acceptors (Lipinski definition) is 5. The number of nitrogens with two attached hydrogens (primary N) is 1. The summed E-state index contributed by atoms with van der Waals surface area (Å²) in [7, 11) is 1.57. The highest BCUT2D eigenvalue weighted by Crippen LogP contribution is 2.40. The second kappa shape index (κ2) is 5.46. The Bertz CT molecular complexity index is 786. The van der Waals surface area contributed by atoms with Gasteiger partial charge in [-0.1, -0.05) is 28.9 Å². The second-order valence-corrected chi connectivity index (χ2v) is 4.79. The van der Waals surface area contributed by atoms with Crippen molar-refractivity contribution >= 4 is 17.4 Å². The average molecular weight is 302 g/mol. The van der Waals surface area contributed by atoms with Crippen molar-refractivity contribution in [1.82, 2.24) is 10.1 Å². The molecule has 0 atom stereocenters. The van der Waals surface area contributed by atoms with Gasteiger partial charge in [-0.3, -0.25) is 4.98 Å². The lowest BCUT2D eigenvalue weighted by Gasteiger charge is -2.07. The molecule has 0 bridgehead atoms. The predicted octanol–water partition coefficient (Wildman–Crippen LogP) is 3.65. The molecule has 21 heavy (non-hydrogen) atoms. The third-order valence-electron chi connectivity index (χ3n) is 3.08. The highest BCUT2D eigenvalue weighted by molar-refractivity contribution is 6.30.